The summed E-state index contributed by atoms with van der Waals surface area (Å²) in [6.07, 6.45) is -0.347. The first-order valence-corrected chi connectivity index (χ1v) is 5.70. The topological polar surface area (TPSA) is 110 Å². The number of aliphatic carboxylic acids is 1. The molecule has 0 amide bonds. The van der Waals surface area contributed by atoms with Gasteiger partial charge in [0.25, 0.3) is 0 Å². The Morgan fingerprint density at radius 2 is 2.00 bits per heavy atom. The van der Waals surface area contributed by atoms with E-state index in [0.717, 1.165) is 7.11 Å². The number of rotatable bonds is 6. The summed E-state index contributed by atoms with van der Waals surface area (Å²) in [7, 11) is -2.76. The maximum Gasteiger partial charge on any atom is 0.322 e. The number of hydrogen-bond donors (Lipinski definition) is 2. The Balaban J connectivity index is 4.26. The third-order valence-electron chi connectivity index (χ3n) is 1.40. The van der Waals surface area contributed by atoms with Gasteiger partial charge in [-0.15, -0.1) is 0 Å². The molecule has 1 unspecified atom stereocenters. The SMILES string of the molecule is COC(=O)CS(=O)(=O)NC(C)CC(=O)O. The number of carboxylic acid groups (broad SMARTS) is 1. The van der Waals surface area contributed by atoms with Gasteiger partial charge in [-0.3, -0.25) is 9.59 Å². The van der Waals surface area contributed by atoms with Crippen LogP contribution in [0.4, 0.5) is 0 Å². The predicted octanol–water partition coefficient (Wildman–Crippen LogP) is -1.06. The van der Waals surface area contributed by atoms with Crippen LogP contribution >= 0.6 is 0 Å². The lowest BCUT2D eigenvalue weighted by Gasteiger charge is -2.10. The van der Waals surface area contributed by atoms with E-state index in [-0.39, 0.29) is 6.42 Å². The molecule has 0 radical (unpaired) electrons. The molecule has 0 aliphatic rings. The smallest absolute Gasteiger partial charge is 0.322 e. The molecule has 88 valence electrons. The van der Waals surface area contributed by atoms with Crippen molar-refractivity contribution in [1.29, 1.82) is 0 Å². The minimum Gasteiger partial charge on any atom is -0.481 e. The van der Waals surface area contributed by atoms with Gasteiger partial charge in [0.1, 0.15) is 0 Å². The summed E-state index contributed by atoms with van der Waals surface area (Å²) in [6.45, 7) is 1.39. The molecule has 0 aliphatic carbocycles. The maximum absolute atomic E-state index is 11.2. The summed E-state index contributed by atoms with van der Waals surface area (Å²) < 4.78 is 28.6. The van der Waals surface area contributed by atoms with Crippen LogP contribution in [0.15, 0.2) is 0 Å². The average Bonchev–Trinajstić information content (AvgIpc) is 1.99. The zero-order chi connectivity index (χ0) is 12.1. The molecule has 0 saturated carbocycles. The molecule has 0 aromatic rings. The zero-order valence-electron chi connectivity index (χ0n) is 8.39. The zero-order valence-corrected chi connectivity index (χ0v) is 9.20. The van der Waals surface area contributed by atoms with Gasteiger partial charge in [0.15, 0.2) is 5.75 Å². The molecule has 0 fully saturated rings. The van der Waals surface area contributed by atoms with Crippen molar-refractivity contribution in [3.05, 3.63) is 0 Å². The van der Waals surface area contributed by atoms with E-state index < -0.39 is 33.8 Å². The van der Waals surface area contributed by atoms with Crippen LogP contribution in [0, 0.1) is 0 Å². The van der Waals surface area contributed by atoms with Crippen LogP contribution in [0.2, 0.25) is 0 Å². The monoisotopic (exact) mass is 239 g/mol. The molecule has 2 N–H and O–H groups in total. The number of carbonyl (C=O) groups excluding carboxylic acids is 1. The second-order valence-electron chi connectivity index (χ2n) is 2.95. The lowest BCUT2D eigenvalue weighted by Crippen LogP contribution is -2.37. The second kappa shape index (κ2) is 5.66. The van der Waals surface area contributed by atoms with Crippen LogP contribution in [0.25, 0.3) is 0 Å². The highest BCUT2D eigenvalue weighted by atomic mass is 32.2. The Morgan fingerprint density at radius 3 is 2.40 bits per heavy atom. The minimum absolute atomic E-state index is 0.347. The highest BCUT2D eigenvalue weighted by Crippen LogP contribution is 1.95. The Hall–Kier alpha value is -1.15. The van der Waals surface area contributed by atoms with E-state index >= 15 is 0 Å². The summed E-state index contributed by atoms with van der Waals surface area (Å²) in [5.74, 6) is -2.83. The van der Waals surface area contributed by atoms with E-state index in [0.29, 0.717) is 0 Å². The van der Waals surface area contributed by atoms with Gasteiger partial charge in [-0.1, -0.05) is 0 Å². The number of carbonyl (C=O) groups is 2. The largest absolute Gasteiger partial charge is 0.481 e. The predicted molar refractivity (Wildman–Crippen MR) is 50.7 cm³/mol. The Labute approximate surface area is 87.5 Å². The Bertz CT molecular complexity index is 335. The summed E-state index contributed by atoms with van der Waals surface area (Å²) in [4.78, 5) is 20.9. The van der Waals surface area contributed by atoms with Crippen LogP contribution < -0.4 is 4.72 Å². The highest BCUT2D eigenvalue weighted by Gasteiger charge is 2.20. The van der Waals surface area contributed by atoms with Crippen molar-refractivity contribution in [2.45, 2.75) is 19.4 Å². The Kier molecular flexibility index (Phi) is 5.23. The van der Waals surface area contributed by atoms with E-state index in [1.165, 1.54) is 6.92 Å². The van der Waals surface area contributed by atoms with Crippen molar-refractivity contribution in [3.63, 3.8) is 0 Å². The third-order valence-corrected chi connectivity index (χ3v) is 2.77. The molecule has 0 rings (SSSR count). The molecule has 0 saturated heterocycles. The molecule has 0 bridgehead atoms. The molecule has 0 aromatic heterocycles. The van der Waals surface area contributed by atoms with Crippen LogP contribution in [-0.2, 0) is 24.3 Å². The standard InChI is InChI=1S/C7H13NO6S/c1-5(3-6(9)10)8-15(12,13)4-7(11)14-2/h5,8H,3-4H2,1-2H3,(H,9,10). The number of esters is 1. The van der Waals surface area contributed by atoms with Gasteiger partial charge < -0.3 is 9.84 Å². The van der Waals surface area contributed by atoms with Crippen LogP contribution in [0.1, 0.15) is 13.3 Å². The summed E-state index contributed by atoms with van der Waals surface area (Å²) in [5.41, 5.74) is 0. The highest BCUT2D eigenvalue weighted by molar-refractivity contribution is 7.90. The number of carboxylic acids is 1. The van der Waals surface area contributed by atoms with Crippen molar-refractivity contribution >= 4 is 22.0 Å². The summed E-state index contributed by atoms with van der Waals surface area (Å²) in [6, 6.07) is -0.767. The van der Waals surface area contributed by atoms with Crippen molar-refractivity contribution in [2.24, 2.45) is 0 Å². The lowest BCUT2D eigenvalue weighted by atomic mass is 10.3. The fourth-order valence-corrected chi connectivity index (χ4v) is 2.07. The van der Waals surface area contributed by atoms with E-state index in [1.807, 2.05) is 4.72 Å². The fraction of sp³-hybridized carbons (Fsp3) is 0.714. The van der Waals surface area contributed by atoms with Gasteiger partial charge >= 0.3 is 11.9 Å². The van der Waals surface area contributed by atoms with E-state index in [9.17, 15) is 18.0 Å². The number of sulfonamides is 1. The quantitative estimate of drug-likeness (QED) is 0.572. The molecule has 7 nitrogen and oxygen atoms in total. The van der Waals surface area contributed by atoms with E-state index in [2.05, 4.69) is 4.74 Å². The van der Waals surface area contributed by atoms with Gasteiger partial charge in [-0.2, -0.15) is 0 Å². The summed E-state index contributed by atoms with van der Waals surface area (Å²) >= 11 is 0. The van der Waals surface area contributed by atoms with Crippen molar-refractivity contribution in [2.75, 3.05) is 12.9 Å². The Morgan fingerprint density at radius 1 is 1.47 bits per heavy atom. The molecule has 0 spiro atoms. The first-order chi connectivity index (χ1) is 6.76. The maximum atomic E-state index is 11.2. The van der Waals surface area contributed by atoms with Gasteiger partial charge in [-0.05, 0) is 6.92 Å². The van der Waals surface area contributed by atoms with Gasteiger partial charge in [0.2, 0.25) is 10.0 Å². The first kappa shape index (κ1) is 13.8. The first-order valence-electron chi connectivity index (χ1n) is 4.05. The second-order valence-corrected chi connectivity index (χ2v) is 4.71. The van der Waals surface area contributed by atoms with Crippen LogP contribution in [0.5, 0.6) is 0 Å². The number of nitrogens with one attached hydrogen (secondary N) is 1. The van der Waals surface area contributed by atoms with Crippen molar-refractivity contribution in [1.82, 2.24) is 4.72 Å². The minimum atomic E-state index is -3.83. The van der Waals surface area contributed by atoms with Crippen LogP contribution in [0.3, 0.4) is 0 Å². The van der Waals surface area contributed by atoms with Crippen LogP contribution in [-0.4, -0.2) is 44.4 Å². The van der Waals surface area contributed by atoms with E-state index in [4.69, 9.17) is 5.11 Å². The number of ether oxygens (including phenoxy) is 1. The molecule has 0 heterocycles. The molecule has 15 heavy (non-hydrogen) atoms. The number of methoxy groups -OCH3 is 1. The normalized spacial score (nSPS) is 13.2. The van der Waals surface area contributed by atoms with Gasteiger partial charge in [0, 0.05) is 6.04 Å². The third kappa shape index (κ3) is 6.86. The molecule has 0 aliphatic heterocycles. The molecular formula is C7H13NO6S. The number of hydrogen-bond acceptors (Lipinski definition) is 5. The van der Waals surface area contributed by atoms with Crippen molar-refractivity contribution < 1.29 is 27.9 Å². The average molecular weight is 239 g/mol. The fourth-order valence-electron chi connectivity index (χ4n) is 0.866. The molecule has 1 atom stereocenters. The molecular weight excluding hydrogens is 226 g/mol. The van der Waals surface area contributed by atoms with E-state index in [1.54, 1.807) is 0 Å². The van der Waals surface area contributed by atoms with Crippen molar-refractivity contribution in [3.8, 4) is 0 Å². The van der Waals surface area contributed by atoms with Gasteiger partial charge in [-0.25, -0.2) is 13.1 Å². The van der Waals surface area contributed by atoms with Gasteiger partial charge in [0.05, 0.1) is 13.5 Å². The molecule has 8 heteroatoms. The summed E-state index contributed by atoms with van der Waals surface area (Å²) in [5, 5.41) is 8.38. The molecule has 0 aromatic carbocycles. The lowest BCUT2D eigenvalue weighted by molar-refractivity contribution is -0.138.